The molecule has 0 aliphatic carbocycles. The molecule has 0 fully saturated rings. The van der Waals surface area contributed by atoms with Gasteiger partial charge >= 0.3 is 5.97 Å². The Balaban J connectivity index is 1.81. The number of likely N-dealkylation sites (N-methyl/N-ethyl adjacent to an activating group) is 2. The van der Waals surface area contributed by atoms with E-state index in [0.29, 0.717) is 12.1 Å². The van der Waals surface area contributed by atoms with Crippen LogP contribution in [-0.4, -0.2) is 83.2 Å². The lowest BCUT2D eigenvalue weighted by Crippen LogP contribution is -2.30. The number of sulfonamides is 1. The van der Waals surface area contributed by atoms with Crippen molar-refractivity contribution in [1.29, 1.82) is 0 Å². The molecule has 0 spiro atoms. The lowest BCUT2D eigenvalue weighted by atomic mass is 9.87. The maximum atomic E-state index is 13.1. The molecular formula is C25H30N4O6S. The fourth-order valence-electron chi connectivity index (χ4n) is 4.53. The van der Waals surface area contributed by atoms with Crippen molar-refractivity contribution in [2.45, 2.75) is 24.8 Å². The predicted molar refractivity (Wildman–Crippen MR) is 135 cm³/mol. The van der Waals surface area contributed by atoms with Crippen LogP contribution in [0, 0.1) is 0 Å². The Kier molecular flexibility index (Phi) is 7.17. The van der Waals surface area contributed by atoms with Crippen molar-refractivity contribution in [3.8, 4) is 11.1 Å². The number of oxime groups is 1. The number of carbonyl (C=O) groups is 2. The number of benzene rings is 2. The van der Waals surface area contributed by atoms with E-state index in [2.05, 4.69) is 10.1 Å². The second-order valence-electron chi connectivity index (χ2n) is 8.96. The van der Waals surface area contributed by atoms with Crippen molar-refractivity contribution in [2.24, 2.45) is 5.16 Å². The molecule has 0 radical (unpaired) electrons. The molecule has 0 saturated heterocycles. The third-order valence-corrected chi connectivity index (χ3v) is 8.21. The van der Waals surface area contributed by atoms with Gasteiger partial charge in [0, 0.05) is 39.8 Å². The number of anilines is 1. The van der Waals surface area contributed by atoms with Gasteiger partial charge < -0.3 is 19.4 Å². The van der Waals surface area contributed by atoms with Gasteiger partial charge in [0.1, 0.15) is 0 Å². The van der Waals surface area contributed by atoms with Crippen LogP contribution in [0.4, 0.5) is 5.69 Å². The largest absolute Gasteiger partial charge is 0.463 e. The number of esters is 1. The maximum absolute atomic E-state index is 13.1. The van der Waals surface area contributed by atoms with Crippen molar-refractivity contribution >= 4 is 33.3 Å². The maximum Gasteiger partial charge on any atom is 0.347 e. The minimum Gasteiger partial charge on any atom is -0.463 e. The molecule has 192 valence electrons. The van der Waals surface area contributed by atoms with Gasteiger partial charge in [0.15, 0.2) is 5.71 Å². The van der Waals surface area contributed by atoms with Gasteiger partial charge in [0.25, 0.3) is 5.91 Å². The van der Waals surface area contributed by atoms with Crippen LogP contribution in [0.1, 0.15) is 23.6 Å². The number of ether oxygens (including phenoxy) is 1. The van der Waals surface area contributed by atoms with E-state index in [-0.39, 0.29) is 23.1 Å². The van der Waals surface area contributed by atoms with Crippen molar-refractivity contribution in [3.05, 3.63) is 47.0 Å². The first-order valence-electron chi connectivity index (χ1n) is 11.6. The molecule has 0 saturated carbocycles. The second-order valence-corrected chi connectivity index (χ2v) is 11.1. The molecule has 10 nitrogen and oxygen atoms in total. The van der Waals surface area contributed by atoms with E-state index in [1.54, 1.807) is 43.1 Å². The SMILES string of the molecule is CCOC(=O)CO/N=C1\C(=O)N(C)c2c1cc(-c1ccc(S(=O)(=O)N(C)C)cc1)c1c2CN(C)CC1. The van der Waals surface area contributed by atoms with Crippen molar-refractivity contribution in [3.63, 3.8) is 0 Å². The van der Waals surface area contributed by atoms with Gasteiger partial charge in [-0.3, -0.25) is 4.79 Å². The van der Waals surface area contributed by atoms with Gasteiger partial charge in [-0.1, -0.05) is 17.3 Å². The monoisotopic (exact) mass is 514 g/mol. The topological polar surface area (TPSA) is 109 Å². The summed E-state index contributed by atoms with van der Waals surface area (Å²) in [6.07, 6.45) is 0.778. The number of hydrogen-bond donors (Lipinski definition) is 0. The van der Waals surface area contributed by atoms with Crippen molar-refractivity contribution in [2.75, 3.05) is 52.8 Å². The Bertz CT molecular complexity index is 1340. The summed E-state index contributed by atoms with van der Waals surface area (Å²) in [6, 6.07) is 8.65. The zero-order valence-electron chi connectivity index (χ0n) is 21.1. The van der Waals surface area contributed by atoms with E-state index in [9.17, 15) is 18.0 Å². The lowest BCUT2D eigenvalue weighted by molar-refractivity contribution is -0.148. The number of nitrogens with zero attached hydrogens (tertiary/aromatic N) is 4. The molecule has 2 aliphatic heterocycles. The fourth-order valence-corrected chi connectivity index (χ4v) is 5.43. The van der Waals surface area contributed by atoms with Gasteiger partial charge in [-0.2, -0.15) is 0 Å². The van der Waals surface area contributed by atoms with Gasteiger partial charge in [0.05, 0.1) is 17.2 Å². The molecule has 4 rings (SSSR count). The van der Waals surface area contributed by atoms with Crippen LogP contribution in [0.15, 0.2) is 40.4 Å². The van der Waals surface area contributed by atoms with Crippen LogP contribution in [0.3, 0.4) is 0 Å². The summed E-state index contributed by atoms with van der Waals surface area (Å²) in [6.45, 7) is 3.02. The molecule has 2 aromatic carbocycles. The molecule has 0 N–H and O–H groups in total. The first-order chi connectivity index (χ1) is 17.1. The van der Waals surface area contributed by atoms with Gasteiger partial charge in [-0.25, -0.2) is 17.5 Å². The van der Waals surface area contributed by atoms with Gasteiger partial charge in [-0.05, 0) is 60.8 Å². The molecule has 1 amide bonds. The quantitative estimate of drug-likeness (QED) is 0.410. The fraction of sp³-hybridized carbons (Fsp3) is 0.400. The minimum absolute atomic E-state index is 0.112. The van der Waals surface area contributed by atoms with E-state index in [0.717, 1.165) is 40.9 Å². The lowest BCUT2D eigenvalue weighted by Gasteiger charge is -2.30. The molecule has 0 bridgehead atoms. The highest BCUT2D eigenvalue weighted by atomic mass is 32.2. The average Bonchev–Trinajstić information content (AvgIpc) is 3.08. The second kappa shape index (κ2) is 10.00. The molecule has 2 heterocycles. The van der Waals surface area contributed by atoms with E-state index in [1.807, 2.05) is 13.1 Å². The smallest absolute Gasteiger partial charge is 0.347 e. The van der Waals surface area contributed by atoms with E-state index >= 15 is 0 Å². The zero-order valence-corrected chi connectivity index (χ0v) is 21.9. The standard InChI is InChI=1S/C25H30N4O6S/c1-6-34-22(30)15-35-26-23-20-13-19(16-7-9-17(10-8-16)36(32,33)27(2)3)18-11-12-28(4)14-21(18)24(20)29(5)25(23)31/h7-10,13H,6,11-12,14-15H2,1-5H3/b26-23-. The molecule has 0 unspecified atom stereocenters. The summed E-state index contributed by atoms with van der Waals surface area (Å²) < 4.78 is 31.1. The number of fused-ring (bicyclic) bond motifs is 3. The van der Waals surface area contributed by atoms with Gasteiger partial charge in [-0.15, -0.1) is 0 Å². The van der Waals surface area contributed by atoms with Crippen LogP contribution >= 0.6 is 0 Å². The first kappa shape index (κ1) is 25.8. The molecule has 2 aliphatic rings. The van der Waals surface area contributed by atoms with E-state index in [4.69, 9.17) is 9.57 Å². The Morgan fingerprint density at radius 3 is 2.44 bits per heavy atom. The van der Waals surface area contributed by atoms with Crippen molar-refractivity contribution in [1.82, 2.24) is 9.21 Å². The highest BCUT2D eigenvalue weighted by Gasteiger charge is 2.37. The Labute approximate surface area is 211 Å². The Hall–Kier alpha value is -3.28. The number of carbonyl (C=O) groups excluding carboxylic acids is 2. The minimum atomic E-state index is -3.55. The summed E-state index contributed by atoms with van der Waals surface area (Å²) in [5, 5.41) is 4.01. The third kappa shape index (κ3) is 4.61. The summed E-state index contributed by atoms with van der Waals surface area (Å²) in [5.41, 5.74) is 5.38. The summed E-state index contributed by atoms with van der Waals surface area (Å²) >= 11 is 0. The number of amides is 1. The Morgan fingerprint density at radius 2 is 1.81 bits per heavy atom. The molecule has 36 heavy (non-hydrogen) atoms. The first-order valence-corrected chi connectivity index (χ1v) is 13.0. The van der Waals surface area contributed by atoms with Crippen LogP contribution < -0.4 is 4.90 Å². The predicted octanol–water partition coefficient (Wildman–Crippen LogP) is 1.85. The molecule has 11 heteroatoms. The summed E-state index contributed by atoms with van der Waals surface area (Å²) in [7, 11) is 3.16. The van der Waals surface area contributed by atoms with Crippen LogP contribution in [-0.2, 0) is 42.2 Å². The number of hydrogen-bond acceptors (Lipinski definition) is 8. The highest BCUT2D eigenvalue weighted by Crippen LogP contribution is 2.42. The van der Waals surface area contributed by atoms with Gasteiger partial charge in [0.2, 0.25) is 16.6 Å². The third-order valence-electron chi connectivity index (χ3n) is 6.38. The van der Waals surface area contributed by atoms with Crippen molar-refractivity contribution < 1.29 is 27.6 Å². The molecule has 0 aromatic heterocycles. The van der Waals surface area contributed by atoms with E-state index < -0.39 is 22.6 Å². The summed E-state index contributed by atoms with van der Waals surface area (Å²) in [5.74, 6) is -0.893. The highest BCUT2D eigenvalue weighted by molar-refractivity contribution is 7.89. The Morgan fingerprint density at radius 1 is 1.11 bits per heavy atom. The molecular weight excluding hydrogens is 484 g/mol. The number of rotatable bonds is 7. The van der Waals surface area contributed by atoms with Crippen LogP contribution in [0.25, 0.3) is 11.1 Å². The summed E-state index contributed by atoms with van der Waals surface area (Å²) in [4.78, 5) is 33.9. The van der Waals surface area contributed by atoms with E-state index in [1.165, 1.54) is 18.4 Å². The zero-order chi connectivity index (χ0) is 26.2. The molecule has 0 atom stereocenters. The normalized spacial score (nSPS) is 16.9. The average molecular weight is 515 g/mol. The van der Waals surface area contributed by atoms with Crippen LogP contribution in [0.5, 0.6) is 0 Å². The van der Waals surface area contributed by atoms with Crippen LogP contribution in [0.2, 0.25) is 0 Å². The molecule has 2 aromatic rings.